The highest BCUT2D eigenvalue weighted by Crippen LogP contribution is 2.20. The number of hydrogen-bond donors (Lipinski definition) is 1. The minimum absolute atomic E-state index is 0.329. The van der Waals surface area contributed by atoms with Gasteiger partial charge in [-0.15, -0.1) is 0 Å². The molecule has 1 aromatic rings. The van der Waals surface area contributed by atoms with E-state index < -0.39 is 10.0 Å². The molecule has 1 aromatic carbocycles. The third-order valence-electron chi connectivity index (χ3n) is 3.50. The van der Waals surface area contributed by atoms with E-state index in [1.807, 2.05) is 4.90 Å². The summed E-state index contributed by atoms with van der Waals surface area (Å²) in [6, 6.07) is 6.73. The summed E-state index contributed by atoms with van der Waals surface area (Å²) in [4.78, 5) is 2.36. The first-order valence-corrected chi connectivity index (χ1v) is 9.87. The Morgan fingerprint density at radius 1 is 1.23 bits per heavy atom. The lowest BCUT2D eigenvalue weighted by Gasteiger charge is -2.35. The van der Waals surface area contributed by atoms with Crippen molar-refractivity contribution in [1.29, 1.82) is 0 Å². The van der Waals surface area contributed by atoms with Gasteiger partial charge in [0.25, 0.3) is 0 Å². The second kappa shape index (κ2) is 7.72. The van der Waals surface area contributed by atoms with Crippen LogP contribution in [-0.4, -0.2) is 55.5 Å². The SMILES string of the molecule is CCCNC(=S)N1CCN(S(=O)(=O)c2ccc(Br)cc2)CC1. The Morgan fingerprint density at radius 2 is 1.82 bits per heavy atom. The summed E-state index contributed by atoms with van der Waals surface area (Å²) in [6.45, 7) is 5.06. The van der Waals surface area contributed by atoms with Crippen LogP contribution in [0.15, 0.2) is 33.6 Å². The number of rotatable bonds is 4. The number of thiocarbonyl (C=S) groups is 1. The molecule has 1 fully saturated rings. The van der Waals surface area contributed by atoms with Crippen LogP contribution in [0, 0.1) is 0 Å². The van der Waals surface area contributed by atoms with Gasteiger partial charge in [0.05, 0.1) is 4.90 Å². The molecule has 2 rings (SSSR count). The smallest absolute Gasteiger partial charge is 0.243 e. The minimum Gasteiger partial charge on any atom is -0.363 e. The molecule has 0 aromatic heterocycles. The van der Waals surface area contributed by atoms with Crippen LogP contribution < -0.4 is 5.32 Å². The van der Waals surface area contributed by atoms with E-state index in [2.05, 4.69) is 28.2 Å². The zero-order chi connectivity index (χ0) is 16.2. The second-order valence-electron chi connectivity index (χ2n) is 5.08. The van der Waals surface area contributed by atoms with Crippen molar-refractivity contribution in [2.24, 2.45) is 0 Å². The van der Waals surface area contributed by atoms with E-state index in [0.717, 1.165) is 17.4 Å². The van der Waals surface area contributed by atoms with Gasteiger partial charge < -0.3 is 10.2 Å². The van der Waals surface area contributed by atoms with Crippen molar-refractivity contribution in [3.8, 4) is 0 Å². The summed E-state index contributed by atoms with van der Waals surface area (Å²) in [7, 11) is -3.42. The summed E-state index contributed by atoms with van der Waals surface area (Å²) in [5.74, 6) is 0. The topological polar surface area (TPSA) is 52.6 Å². The van der Waals surface area contributed by atoms with E-state index in [0.29, 0.717) is 36.2 Å². The third-order valence-corrected chi connectivity index (χ3v) is 6.35. The van der Waals surface area contributed by atoms with Crippen LogP contribution in [0.3, 0.4) is 0 Å². The average Bonchev–Trinajstić information content (AvgIpc) is 2.53. The van der Waals surface area contributed by atoms with Crippen molar-refractivity contribution in [2.45, 2.75) is 18.2 Å². The Hall–Kier alpha value is -0.700. The second-order valence-corrected chi connectivity index (χ2v) is 8.32. The molecule has 0 spiro atoms. The van der Waals surface area contributed by atoms with E-state index in [1.54, 1.807) is 24.3 Å². The Bertz CT molecular complexity index is 611. The molecule has 1 N–H and O–H groups in total. The van der Waals surface area contributed by atoms with E-state index in [9.17, 15) is 8.42 Å². The molecule has 0 amide bonds. The number of nitrogens with zero attached hydrogens (tertiary/aromatic N) is 2. The van der Waals surface area contributed by atoms with Crippen molar-refractivity contribution in [3.63, 3.8) is 0 Å². The highest BCUT2D eigenvalue weighted by Gasteiger charge is 2.29. The molecule has 1 saturated heterocycles. The predicted octanol–water partition coefficient (Wildman–Crippen LogP) is 2.04. The van der Waals surface area contributed by atoms with Crippen molar-refractivity contribution in [2.75, 3.05) is 32.7 Å². The van der Waals surface area contributed by atoms with Gasteiger partial charge in [-0.05, 0) is 42.9 Å². The van der Waals surface area contributed by atoms with Gasteiger partial charge >= 0.3 is 0 Å². The number of nitrogens with one attached hydrogen (secondary N) is 1. The summed E-state index contributed by atoms with van der Waals surface area (Å²) < 4.78 is 27.6. The number of sulfonamides is 1. The summed E-state index contributed by atoms with van der Waals surface area (Å²) in [5.41, 5.74) is 0. The molecule has 0 atom stereocenters. The predicted molar refractivity (Wildman–Crippen MR) is 95.4 cm³/mol. The van der Waals surface area contributed by atoms with Crippen LogP contribution in [0.25, 0.3) is 0 Å². The first kappa shape index (κ1) is 17.7. The molecule has 0 saturated carbocycles. The number of piperazine rings is 1. The quantitative estimate of drug-likeness (QED) is 0.776. The highest BCUT2D eigenvalue weighted by atomic mass is 79.9. The molecule has 1 heterocycles. The summed E-state index contributed by atoms with van der Waals surface area (Å²) >= 11 is 8.64. The van der Waals surface area contributed by atoms with E-state index in [-0.39, 0.29) is 0 Å². The maximum atomic E-state index is 12.6. The molecule has 1 aliphatic heterocycles. The zero-order valence-corrected chi connectivity index (χ0v) is 15.7. The first-order chi connectivity index (χ1) is 10.4. The molecule has 0 unspecified atom stereocenters. The minimum atomic E-state index is -3.42. The standard InChI is InChI=1S/C14H20BrN3O2S2/c1-2-7-16-14(21)17-8-10-18(11-9-17)22(19,20)13-5-3-12(15)4-6-13/h3-6H,2,7-11H2,1H3,(H,16,21). The van der Waals surface area contributed by atoms with Crippen LogP contribution in [0.5, 0.6) is 0 Å². The fraction of sp³-hybridized carbons (Fsp3) is 0.500. The van der Waals surface area contributed by atoms with E-state index in [1.165, 1.54) is 4.31 Å². The molecular weight excluding hydrogens is 386 g/mol. The zero-order valence-electron chi connectivity index (χ0n) is 12.5. The average molecular weight is 406 g/mol. The molecule has 1 aliphatic rings. The molecule has 0 bridgehead atoms. The molecule has 5 nitrogen and oxygen atoms in total. The lowest BCUT2D eigenvalue weighted by Crippen LogP contribution is -2.53. The summed E-state index contributed by atoms with van der Waals surface area (Å²) in [6.07, 6.45) is 1.01. The first-order valence-electron chi connectivity index (χ1n) is 7.23. The Balaban J connectivity index is 1.98. The Kier molecular flexibility index (Phi) is 6.19. The van der Waals surface area contributed by atoms with Crippen molar-refractivity contribution in [1.82, 2.24) is 14.5 Å². The van der Waals surface area contributed by atoms with Gasteiger partial charge in [0, 0.05) is 37.2 Å². The van der Waals surface area contributed by atoms with Gasteiger partial charge in [0.2, 0.25) is 10.0 Å². The molecular formula is C14H20BrN3O2S2. The largest absolute Gasteiger partial charge is 0.363 e. The molecule has 122 valence electrons. The van der Waals surface area contributed by atoms with Crippen LogP contribution in [-0.2, 0) is 10.0 Å². The number of benzene rings is 1. The van der Waals surface area contributed by atoms with Gasteiger partial charge in [0.1, 0.15) is 0 Å². The van der Waals surface area contributed by atoms with Crippen LogP contribution in [0.4, 0.5) is 0 Å². The summed E-state index contributed by atoms with van der Waals surface area (Å²) in [5, 5.41) is 3.89. The van der Waals surface area contributed by atoms with Crippen molar-refractivity contribution < 1.29 is 8.42 Å². The van der Waals surface area contributed by atoms with Crippen molar-refractivity contribution in [3.05, 3.63) is 28.7 Å². The lowest BCUT2D eigenvalue weighted by atomic mass is 10.4. The normalized spacial score (nSPS) is 16.5. The van der Waals surface area contributed by atoms with Crippen molar-refractivity contribution >= 4 is 43.3 Å². The van der Waals surface area contributed by atoms with Gasteiger partial charge in [-0.25, -0.2) is 8.42 Å². The molecule has 0 aliphatic carbocycles. The van der Waals surface area contributed by atoms with Crippen LogP contribution >= 0.6 is 28.1 Å². The van der Waals surface area contributed by atoms with Gasteiger partial charge in [-0.1, -0.05) is 22.9 Å². The maximum Gasteiger partial charge on any atom is 0.243 e. The number of halogens is 1. The molecule has 8 heteroatoms. The van der Waals surface area contributed by atoms with E-state index >= 15 is 0 Å². The monoisotopic (exact) mass is 405 g/mol. The fourth-order valence-corrected chi connectivity index (χ4v) is 4.20. The van der Waals surface area contributed by atoms with Gasteiger partial charge in [-0.3, -0.25) is 0 Å². The lowest BCUT2D eigenvalue weighted by molar-refractivity contribution is 0.264. The maximum absolute atomic E-state index is 12.6. The van der Waals surface area contributed by atoms with E-state index in [4.69, 9.17) is 12.2 Å². The fourth-order valence-electron chi connectivity index (χ4n) is 2.23. The highest BCUT2D eigenvalue weighted by molar-refractivity contribution is 9.10. The Labute approximate surface area is 145 Å². The molecule has 22 heavy (non-hydrogen) atoms. The Morgan fingerprint density at radius 3 is 2.36 bits per heavy atom. The van der Waals surface area contributed by atoms with Crippen LogP contribution in [0.2, 0.25) is 0 Å². The number of hydrogen-bond acceptors (Lipinski definition) is 3. The van der Waals surface area contributed by atoms with Gasteiger partial charge in [-0.2, -0.15) is 4.31 Å². The van der Waals surface area contributed by atoms with Gasteiger partial charge in [0.15, 0.2) is 5.11 Å². The van der Waals surface area contributed by atoms with Crippen LogP contribution in [0.1, 0.15) is 13.3 Å². The molecule has 0 radical (unpaired) electrons. The third kappa shape index (κ3) is 4.18.